The number of anilines is 1. The standard InChI is InChI=1S/C14H14BrNO3S/c1-7-11(16)13(14(17)19-3)20-12(7)9-5-4-8(15)6-10(9)18-2/h4-6H,16H2,1-3H3. The molecule has 106 valence electrons. The quantitative estimate of drug-likeness (QED) is 0.849. The van der Waals surface area contributed by atoms with E-state index in [4.69, 9.17) is 15.2 Å². The summed E-state index contributed by atoms with van der Waals surface area (Å²) in [5.41, 5.74) is 8.22. The van der Waals surface area contributed by atoms with Crippen LogP contribution in [0.5, 0.6) is 5.75 Å². The van der Waals surface area contributed by atoms with Crippen LogP contribution in [-0.4, -0.2) is 20.2 Å². The summed E-state index contributed by atoms with van der Waals surface area (Å²) in [6.45, 7) is 1.88. The number of methoxy groups -OCH3 is 2. The van der Waals surface area contributed by atoms with Crippen molar-refractivity contribution in [3.05, 3.63) is 33.1 Å². The van der Waals surface area contributed by atoms with Crippen molar-refractivity contribution in [2.75, 3.05) is 20.0 Å². The summed E-state index contributed by atoms with van der Waals surface area (Å²) >= 11 is 4.72. The topological polar surface area (TPSA) is 61.5 Å². The highest BCUT2D eigenvalue weighted by Gasteiger charge is 2.21. The molecule has 6 heteroatoms. The first-order valence-corrected chi connectivity index (χ1v) is 7.41. The van der Waals surface area contributed by atoms with Gasteiger partial charge in [-0.05, 0) is 30.7 Å². The summed E-state index contributed by atoms with van der Waals surface area (Å²) in [7, 11) is 2.95. The minimum atomic E-state index is -0.419. The zero-order valence-corrected chi connectivity index (χ0v) is 13.7. The Morgan fingerprint density at radius 1 is 1.35 bits per heavy atom. The molecular weight excluding hydrogens is 342 g/mol. The summed E-state index contributed by atoms with van der Waals surface area (Å²) in [5.74, 6) is 0.304. The fraction of sp³-hybridized carbons (Fsp3) is 0.214. The smallest absolute Gasteiger partial charge is 0.350 e. The predicted molar refractivity (Wildman–Crippen MR) is 84.5 cm³/mol. The van der Waals surface area contributed by atoms with Crippen LogP contribution in [0, 0.1) is 6.92 Å². The lowest BCUT2D eigenvalue weighted by molar-refractivity contribution is 0.0607. The van der Waals surface area contributed by atoms with E-state index in [2.05, 4.69) is 15.9 Å². The second-order valence-corrected chi connectivity index (χ2v) is 6.07. The normalized spacial score (nSPS) is 10.4. The zero-order chi connectivity index (χ0) is 14.9. The number of hydrogen-bond donors (Lipinski definition) is 1. The molecule has 4 nitrogen and oxygen atoms in total. The van der Waals surface area contributed by atoms with Crippen LogP contribution in [-0.2, 0) is 4.74 Å². The van der Waals surface area contributed by atoms with Crippen molar-refractivity contribution in [2.45, 2.75) is 6.92 Å². The minimum Gasteiger partial charge on any atom is -0.496 e. The van der Waals surface area contributed by atoms with Gasteiger partial charge in [0.2, 0.25) is 0 Å². The van der Waals surface area contributed by atoms with Crippen molar-refractivity contribution in [3.8, 4) is 16.2 Å². The lowest BCUT2D eigenvalue weighted by Crippen LogP contribution is -2.01. The Hall–Kier alpha value is -1.53. The van der Waals surface area contributed by atoms with Gasteiger partial charge in [0.25, 0.3) is 0 Å². The number of thiophene rings is 1. The van der Waals surface area contributed by atoms with Crippen molar-refractivity contribution < 1.29 is 14.3 Å². The summed E-state index contributed by atoms with van der Waals surface area (Å²) < 4.78 is 11.1. The molecule has 0 fully saturated rings. The molecule has 0 bridgehead atoms. The molecule has 0 aliphatic carbocycles. The predicted octanol–water partition coefficient (Wildman–Crippen LogP) is 3.86. The molecule has 0 spiro atoms. The van der Waals surface area contributed by atoms with E-state index in [1.54, 1.807) is 7.11 Å². The highest BCUT2D eigenvalue weighted by atomic mass is 79.9. The maximum atomic E-state index is 11.7. The van der Waals surface area contributed by atoms with Gasteiger partial charge in [0.15, 0.2) is 0 Å². The molecule has 0 unspecified atom stereocenters. The molecule has 2 rings (SSSR count). The van der Waals surface area contributed by atoms with Crippen molar-refractivity contribution in [2.24, 2.45) is 0 Å². The first kappa shape index (κ1) is 14.9. The van der Waals surface area contributed by atoms with E-state index in [1.807, 2.05) is 25.1 Å². The van der Waals surface area contributed by atoms with Crippen molar-refractivity contribution in [1.82, 2.24) is 0 Å². The number of hydrogen-bond acceptors (Lipinski definition) is 5. The number of nitrogens with two attached hydrogens (primary N) is 1. The van der Waals surface area contributed by atoms with E-state index in [1.165, 1.54) is 18.4 Å². The maximum absolute atomic E-state index is 11.7. The molecule has 2 aromatic rings. The van der Waals surface area contributed by atoms with E-state index >= 15 is 0 Å². The Bertz CT molecular complexity index is 667. The molecule has 1 heterocycles. The van der Waals surface area contributed by atoms with E-state index in [-0.39, 0.29) is 0 Å². The van der Waals surface area contributed by atoms with Crippen LogP contribution in [0.2, 0.25) is 0 Å². The Morgan fingerprint density at radius 3 is 2.65 bits per heavy atom. The fourth-order valence-electron chi connectivity index (χ4n) is 1.88. The number of esters is 1. The molecule has 0 aliphatic heterocycles. The molecule has 20 heavy (non-hydrogen) atoms. The molecule has 0 aliphatic rings. The van der Waals surface area contributed by atoms with Crippen LogP contribution in [0.25, 0.3) is 10.4 Å². The number of halogens is 1. The highest BCUT2D eigenvalue weighted by Crippen LogP contribution is 2.42. The van der Waals surface area contributed by atoms with Crippen LogP contribution in [0.15, 0.2) is 22.7 Å². The summed E-state index contributed by atoms with van der Waals surface area (Å²) in [6, 6.07) is 5.73. The van der Waals surface area contributed by atoms with E-state index in [0.29, 0.717) is 10.6 Å². The van der Waals surface area contributed by atoms with Gasteiger partial charge in [-0.15, -0.1) is 11.3 Å². The zero-order valence-electron chi connectivity index (χ0n) is 11.3. The van der Waals surface area contributed by atoms with Crippen LogP contribution < -0.4 is 10.5 Å². The lowest BCUT2D eigenvalue weighted by atomic mass is 10.1. The first-order chi connectivity index (χ1) is 9.49. The van der Waals surface area contributed by atoms with Gasteiger partial charge in [-0.3, -0.25) is 0 Å². The number of rotatable bonds is 3. The Kier molecular flexibility index (Phi) is 4.35. The van der Waals surface area contributed by atoms with Crippen LogP contribution in [0.4, 0.5) is 5.69 Å². The third kappa shape index (κ3) is 2.53. The monoisotopic (exact) mass is 355 g/mol. The average Bonchev–Trinajstić information content (AvgIpc) is 2.74. The largest absolute Gasteiger partial charge is 0.496 e. The number of carbonyl (C=O) groups excluding carboxylic acids is 1. The van der Waals surface area contributed by atoms with E-state index in [9.17, 15) is 4.79 Å². The second-order valence-electron chi connectivity index (χ2n) is 4.14. The van der Waals surface area contributed by atoms with Gasteiger partial charge < -0.3 is 15.2 Å². The number of nitrogen functional groups attached to an aromatic ring is 1. The van der Waals surface area contributed by atoms with Gasteiger partial charge in [0, 0.05) is 14.9 Å². The van der Waals surface area contributed by atoms with Crippen LogP contribution >= 0.6 is 27.3 Å². The molecule has 0 saturated heterocycles. The molecule has 2 N–H and O–H groups in total. The molecule has 1 aromatic heterocycles. The van der Waals surface area contributed by atoms with Gasteiger partial charge >= 0.3 is 5.97 Å². The summed E-state index contributed by atoms with van der Waals surface area (Å²) in [4.78, 5) is 13.0. The molecule has 1 aromatic carbocycles. The van der Waals surface area contributed by atoms with Gasteiger partial charge in [-0.1, -0.05) is 15.9 Å². The Morgan fingerprint density at radius 2 is 2.05 bits per heavy atom. The van der Waals surface area contributed by atoms with E-state index < -0.39 is 5.97 Å². The highest BCUT2D eigenvalue weighted by molar-refractivity contribution is 9.10. The minimum absolute atomic E-state index is 0.419. The van der Waals surface area contributed by atoms with Crippen LogP contribution in [0.3, 0.4) is 0 Å². The number of benzene rings is 1. The molecule has 0 saturated carbocycles. The summed E-state index contributed by atoms with van der Waals surface area (Å²) in [6.07, 6.45) is 0. The molecular formula is C14H14BrNO3S. The first-order valence-electron chi connectivity index (χ1n) is 5.80. The Balaban J connectivity index is 2.62. The van der Waals surface area contributed by atoms with Crippen molar-refractivity contribution in [1.29, 1.82) is 0 Å². The lowest BCUT2D eigenvalue weighted by Gasteiger charge is -2.08. The third-order valence-electron chi connectivity index (χ3n) is 2.97. The Labute approximate surface area is 129 Å². The number of ether oxygens (including phenoxy) is 2. The maximum Gasteiger partial charge on any atom is 0.350 e. The van der Waals surface area contributed by atoms with Gasteiger partial charge in [-0.2, -0.15) is 0 Å². The number of carbonyl (C=O) groups is 1. The average molecular weight is 356 g/mol. The van der Waals surface area contributed by atoms with Crippen LogP contribution in [0.1, 0.15) is 15.2 Å². The molecule has 0 amide bonds. The van der Waals surface area contributed by atoms with Gasteiger partial charge in [0.1, 0.15) is 10.6 Å². The SMILES string of the molecule is COC(=O)c1sc(-c2ccc(Br)cc2OC)c(C)c1N. The van der Waals surface area contributed by atoms with Gasteiger partial charge in [0.05, 0.1) is 19.9 Å². The van der Waals surface area contributed by atoms with Crippen molar-refractivity contribution >= 4 is 38.9 Å². The summed E-state index contributed by atoms with van der Waals surface area (Å²) in [5, 5.41) is 0. The van der Waals surface area contributed by atoms with E-state index in [0.717, 1.165) is 26.2 Å². The second kappa shape index (κ2) is 5.85. The molecule has 0 atom stereocenters. The van der Waals surface area contributed by atoms with Gasteiger partial charge in [-0.25, -0.2) is 4.79 Å². The van der Waals surface area contributed by atoms with Crippen molar-refractivity contribution in [3.63, 3.8) is 0 Å². The fourth-order valence-corrected chi connectivity index (χ4v) is 3.40. The third-order valence-corrected chi connectivity index (χ3v) is 4.79. The molecule has 0 radical (unpaired) electrons.